The number of nitrogens with one attached hydrogen (secondary N) is 1. The van der Waals surface area contributed by atoms with Crippen LogP contribution < -0.4 is 10.1 Å². The van der Waals surface area contributed by atoms with Crippen LogP contribution >= 0.6 is 0 Å². The van der Waals surface area contributed by atoms with Crippen molar-refractivity contribution < 1.29 is 9.53 Å². The van der Waals surface area contributed by atoms with E-state index in [-0.39, 0.29) is 0 Å². The summed E-state index contributed by atoms with van der Waals surface area (Å²) in [5, 5.41) is 12.0. The second-order valence-electron chi connectivity index (χ2n) is 3.92. The molecule has 4 heteroatoms. The van der Waals surface area contributed by atoms with Crippen molar-refractivity contribution in [2.45, 2.75) is 0 Å². The Morgan fingerprint density at radius 2 is 1.83 bits per heavy atom. The molecule has 0 aliphatic carbocycles. The first-order valence-corrected chi connectivity index (χ1v) is 5.38. The number of hydrogen-bond acceptors (Lipinski definition) is 4. The van der Waals surface area contributed by atoms with Gasteiger partial charge in [-0.1, -0.05) is 0 Å². The van der Waals surface area contributed by atoms with E-state index >= 15 is 0 Å². The maximum Gasteiger partial charge on any atom is 0.152 e. The van der Waals surface area contributed by atoms with Crippen molar-refractivity contribution in [3.05, 3.63) is 47.5 Å². The van der Waals surface area contributed by atoms with Gasteiger partial charge in [0.2, 0.25) is 0 Å². The Hall–Kier alpha value is -2.80. The fourth-order valence-corrected chi connectivity index (χ4v) is 1.84. The van der Waals surface area contributed by atoms with Gasteiger partial charge in [-0.25, -0.2) is 0 Å². The lowest BCUT2D eigenvalue weighted by atomic mass is 10.1. The Morgan fingerprint density at radius 3 is 2.56 bits per heavy atom. The molecule has 1 aliphatic heterocycles. The Labute approximate surface area is 103 Å². The van der Waals surface area contributed by atoms with Crippen molar-refractivity contribution in [2.24, 2.45) is 0 Å². The van der Waals surface area contributed by atoms with Crippen LogP contribution in [0.15, 0.2) is 36.4 Å². The summed E-state index contributed by atoms with van der Waals surface area (Å²) >= 11 is 0. The van der Waals surface area contributed by atoms with Gasteiger partial charge in [0, 0.05) is 11.6 Å². The van der Waals surface area contributed by atoms with Crippen LogP contribution in [0, 0.1) is 11.3 Å². The minimum absolute atomic E-state index is 0.533. The van der Waals surface area contributed by atoms with E-state index in [4.69, 9.17) is 10.00 Å². The topological polar surface area (TPSA) is 62.1 Å². The second kappa shape index (κ2) is 3.90. The summed E-state index contributed by atoms with van der Waals surface area (Å²) in [6.07, 6.45) is 0.769. The van der Waals surface area contributed by atoms with Crippen LogP contribution in [0.3, 0.4) is 0 Å². The van der Waals surface area contributed by atoms with E-state index in [2.05, 4.69) is 11.4 Å². The SMILES string of the molecule is N#Cc1ccc2c(c1)Oc1cc(C=O)ccc1N2. The predicted molar refractivity (Wildman–Crippen MR) is 66.3 cm³/mol. The number of rotatable bonds is 1. The first kappa shape index (κ1) is 10.4. The van der Waals surface area contributed by atoms with Crippen LogP contribution in [0.1, 0.15) is 15.9 Å². The molecule has 0 atom stereocenters. The van der Waals surface area contributed by atoms with Crippen LogP contribution in [0.5, 0.6) is 11.5 Å². The quantitative estimate of drug-likeness (QED) is 0.659. The van der Waals surface area contributed by atoms with Gasteiger partial charge in [0.1, 0.15) is 6.29 Å². The highest BCUT2D eigenvalue weighted by Crippen LogP contribution is 2.42. The second-order valence-corrected chi connectivity index (χ2v) is 3.92. The predicted octanol–water partition coefficient (Wildman–Crippen LogP) is 3.22. The number of nitrogens with zero attached hydrogens (tertiary/aromatic N) is 1. The molecule has 1 N–H and O–H groups in total. The van der Waals surface area contributed by atoms with E-state index in [9.17, 15) is 4.79 Å². The zero-order chi connectivity index (χ0) is 12.5. The molecular formula is C14H8N2O2. The smallest absolute Gasteiger partial charge is 0.152 e. The number of aldehydes is 1. The number of anilines is 2. The fraction of sp³-hybridized carbons (Fsp3) is 0. The van der Waals surface area contributed by atoms with Crippen LogP contribution in [0.25, 0.3) is 0 Å². The zero-order valence-electron chi connectivity index (χ0n) is 9.31. The zero-order valence-corrected chi connectivity index (χ0v) is 9.31. The summed E-state index contributed by atoms with van der Waals surface area (Å²) in [5.41, 5.74) is 2.69. The molecule has 3 rings (SSSR count). The Bertz CT molecular complexity index is 687. The van der Waals surface area contributed by atoms with Crippen molar-refractivity contribution >= 4 is 17.7 Å². The third-order valence-corrected chi connectivity index (χ3v) is 2.74. The summed E-state index contributed by atoms with van der Waals surface area (Å²) in [5.74, 6) is 1.17. The van der Waals surface area contributed by atoms with Gasteiger partial charge in [-0.3, -0.25) is 4.79 Å². The molecule has 0 saturated heterocycles. The number of hydrogen-bond donors (Lipinski definition) is 1. The Balaban J connectivity index is 2.07. The van der Waals surface area contributed by atoms with E-state index in [1.54, 1.807) is 36.4 Å². The molecule has 2 aromatic rings. The van der Waals surface area contributed by atoms with E-state index in [1.165, 1.54) is 0 Å². The lowest BCUT2D eigenvalue weighted by Crippen LogP contribution is -2.03. The van der Waals surface area contributed by atoms with E-state index in [0.717, 1.165) is 17.7 Å². The number of fused-ring (bicyclic) bond motifs is 2. The van der Waals surface area contributed by atoms with Crippen molar-refractivity contribution in [2.75, 3.05) is 5.32 Å². The third kappa shape index (κ3) is 1.59. The van der Waals surface area contributed by atoms with Crippen molar-refractivity contribution in [3.63, 3.8) is 0 Å². The minimum Gasteiger partial charge on any atom is -0.453 e. The lowest BCUT2D eigenvalue weighted by Gasteiger charge is -2.21. The lowest BCUT2D eigenvalue weighted by molar-refractivity contribution is 0.112. The van der Waals surface area contributed by atoms with Crippen molar-refractivity contribution in [1.82, 2.24) is 0 Å². The molecule has 0 saturated carbocycles. The maximum absolute atomic E-state index is 10.7. The minimum atomic E-state index is 0.533. The molecular weight excluding hydrogens is 228 g/mol. The van der Waals surface area contributed by atoms with Gasteiger partial charge in [0.15, 0.2) is 11.5 Å². The summed E-state index contributed by atoms with van der Waals surface area (Å²) in [4.78, 5) is 10.7. The third-order valence-electron chi connectivity index (χ3n) is 2.74. The van der Waals surface area contributed by atoms with Gasteiger partial charge in [-0.15, -0.1) is 0 Å². The summed E-state index contributed by atoms with van der Waals surface area (Å²) in [6.45, 7) is 0. The van der Waals surface area contributed by atoms with Gasteiger partial charge < -0.3 is 10.1 Å². The molecule has 0 unspecified atom stereocenters. The van der Waals surface area contributed by atoms with Crippen LogP contribution in [0.4, 0.5) is 11.4 Å². The average molecular weight is 236 g/mol. The molecule has 0 amide bonds. The van der Waals surface area contributed by atoms with Gasteiger partial charge in [0.05, 0.1) is 23.0 Å². The highest BCUT2D eigenvalue weighted by atomic mass is 16.5. The Kier molecular flexibility index (Phi) is 2.24. The van der Waals surface area contributed by atoms with Gasteiger partial charge >= 0.3 is 0 Å². The van der Waals surface area contributed by atoms with Crippen LogP contribution in [-0.2, 0) is 0 Å². The molecule has 0 spiro atoms. The standard InChI is InChI=1S/C14H8N2O2/c15-7-9-1-3-11-13(5-9)18-14-6-10(8-17)2-4-12(14)16-11/h1-6,8,16H. The van der Waals surface area contributed by atoms with Gasteiger partial charge in [-0.2, -0.15) is 5.26 Å². The Morgan fingerprint density at radius 1 is 1.11 bits per heavy atom. The monoisotopic (exact) mass is 236 g/mol. The molecule has 0 radical (unpaired) electrons. The summed E-state index contributed by atoms with van der Waals surface area (Å²) in [6, 6.07) is 12.4. The molecule has 1 aliphatic rings. The van der Waals surface area contributed by atoms with E-state index < -0.39 is 0 Å². The summed E-state index contributed by atoms with van der Waals surface area (Å²) < 4.78 is 5.69. The highest BCUT2D eigenvalue weighted by molar-refractivity contribution is 5.82. The fourth-order valence-electron chi connectivity index (χ4n) is 1.84. The molecule has 1 heterocycles. The molecule has 4 nitrogen and oxygen atoms in total. The average Bonchev–Trinajstić information content (AvgIpc) is 2.43. The van der Waals surface area contributed by atoms with Crippen molar-refractivity contribution in [3.8, 4) is 17.6 Å². The molecule has 2 aromatic carbocycles. The van der Waals surface area contributed by atoms with Crippen LogP contribution in [-0.4, -0.2) is 6.29 Å². The van der Waals surface area contributed by atoms with Crippen molar-refractivity contribution in [1.29, 1.82) is 5.26 Å². The number of benzene rings is 2. The molecule has 86 valence electrons. The first-order chi connectivity index (χ1) is 8.80. The largest absolute Gasteiger partial charge is 0.453 e. The number of nitriles is 1. The first-order valence-electron chi connectivity index (χ1n) is 5.38. The van der Waals surface area contributed by atoms with E-state index in [0.29, 0.717) is 22.6 Å². The van der Waals surface area contributed by atoms with Crippen LogP contribution in [0.2, 0.25) is 0 Å². The number of carbonyl (C=O) groups excluding carboxylic acids is 1. The number of ether oxygens (including phenoxy) is 1. The molecule has 0 aromatic heterocycles. The normalized spacial score (nSPS) is 11.3. The van der Waals surface area contributed by atoms with E-state index in [1.807, 2.05) is 0 Å². The molecule has 0 fully saturated rings. The van der Waals surface area contributed by atoms with Gasteiger partial charge in [0.25, 0.3) is 0 Å². The summed E-state index contributed by atoms with van der Waals surface area (Å²) in [7, 11) is 0. The highest BCUT2D eigenvalue weighted by Gasteiger charge is 2.16. The van der Waals surface area contributed by atoms with Gasteiger partial charge in [-0.05, 0) is 30.3 Å². The molecule has 0 bridgehead atoms. The number of carbonyl (C=O) groups is 1. The maximum atomic E-state index is 10.7. The molecule has 18 heavy (non-hydrogen) atoms.